The Kier molecular flexibility index (Phi) is 3.93. The van der Waals surface area contributed by atoms with Gasteiger partial charge in [0.05, 0.1) is 19.1 Å². The van der Waals surface area contributed by atoms with Gasteiger partial charge in [-0.2, -0.15) is 0 Å². The molecule has 0 bridgehead atoms. The van der Waals surface area contributed by atoms with E-state index in [0.29, 0.717) is 6.54 Å². The molecule has 0 saturated carbocycles. The number of para-hydroxylation sites is 1. The molecule has 0 aliphatic heterocycles. The molecule has 0 spiro atoms. The van der Waals surface area contributed by atoms with Crippen molar-refractivity contribution >= 4 is 6.03 Å². The number of rotatable bonds is 4. The van der Waals surface area contributed by atoms with Crippen molar-refractivity contribution < 1.29 is 9.63 Å². The van der Waals surface area contributed by atoms with Gasteiger partial charge in [-0.05, 0) is 11.6 Å². The first-order valence-electron chi connectivity index (χ1n) is 5.44. The number of urea groups is 1. The highest BCUT2D eigenvalue weighted by molar-refractivity contribution is 5.72. The predicted molar refractivity (Wildman–Crippen MR) is 65.9 cm³/mol. The van der Waals surface area contributed by atoms with E-state index in [2.05, 4.69) is 20.6 Å². The third-order valence-electron chi connectivity index (χ3n) is 2.41. The minimum Gasteiger partial charge on any atom is -0.332 e. The van der Waals surface area contributed by atoms with Crippen molar-refractivity contribution in [2.75, 3.05) is 7.11 Å². The maximum absolute atomic E-state index is 11.2. The summed E-state index contributed by atoms with van der Waals surface area (Å²) >= 11 is 0. The van der Waals surface area contributed by atoms with Crippen molar-refractivity contribution in [2.45, 2.75) is 6.54 Å². The van der Waals surface area contributed by atoms with Gasteiger partial charge in [-0.3, -0.25) is 4.84 Å². The van der Waals surface area contributed by atoms with Crippen molar-refractivity contribution in [3.8, 4) is 5.69 Å². The Bertz CT molecular complexity index is 511. The fraction of sp³-hybridized carbons (Fsp3) is 0.167. The summed E-state index contributed by atoms with van der Waals surface area (Å²) in [5.74, 6) is 0. The van der Waals surface area contributed by atoms with Crippen LogP contribution in [-0.4, -0.2) is 22.7 Å². The predicted octanol–water partition coefficient (Wildman–Crippen LogP) is 1.23. The van der Waals surface area contributed by atoms with Crippen LogP contribution in [0.25, 0.3) is 5.69 Å². The van der Waals surface area contributed by atoms with Gasteiger partial charge in [-0.15, -0.1) is 0 Å². The van der Waals surface area contributed by atoms with Gasteiger partial charge in [0.25, 0.3) is 0 Å². The average molecular weight is 246 g/mol. The molecule has 0 aliphatic rings. The van der Waals surface area contributed by atoms with Crippen LogP contribution in [0.2, 0.25) is 0 Å². The van der Waals surface area contributed by atoms with Gasteiger partial charge in [0.15, 0.2) is 0 Å². The highest BCUT2D eigenvalue weighted by Crippen LogP contribution is 2.13. The lowest BCUT2D eigenvalue weighted by atomic mass is 10.2. The van der Waals surface area contributed by atoms with Gasteiger partial charge in [0.2, 0.25) is 0 Å². The van der Waals surface area contributed by atoms with Crippen LogP contribution in [0.15, 0.2) is 43.0 Å². The summed E-state index contributed by atoms with van der Waals surface area (Å²) in [5, 5.41) is 2.69. The molecule has 0 aliphatic carbocycles. The van der Waals surface area contributed by atoms with Crippen molar-refractivity contribution in [1.29, 1.82) is 0 Å². The van der Waals surface area contributed by atoms with Gasteiger partial charge in [-0.1, -0.05) is 18.2 Å². The molecule has 0 fully saturated rings. The molecule has 1 aromatic carbocycles. The first kappa shape index (κ1) is 12.1. The molecular weight excluding hydrogens is 232 g/mol. The Morgan fingerprint density at radius 2 is 2.28 bits per heavy atom. The van der Waals surface area contributed by atoms with E-state index in [-0.39, 0.29) is 6.03 Å². The molecule has 0 atom stereocenters. The quantitative estimate of drug-likeness (QED) is 0.797. The largest absolute Gasteiger partial charge is 0.338 e. The van der Waals surface area contributed by atoms with E-state index in [0.717, 1.165) is 11.3 Å². The van der Waals surface area contributed by atoms with Gasteiger partial charge in [0.1, 0.15) is 0 Å². The molecule has 18 heavy (non-hydrogen) atoms. The number of imidazole rings is 1. The van der Waals surface area contributed by atoms with Crippen molar-refractivity contribution in [2.24, 2.45) is 0 Å². The molecule has 0 saturated heterocycles. The van der Waals surface area contributed by atoms with Crippen LogP contribution >= 0.6 is 0 Å². The Balaban J connectivity index is 2.11. The Morgan fingerprint density at radius 3 is 3.00 bits per heavy atom. The number of carbonyl (C=O) groups is 1. The van der Waals surface area contributed by atoms with Crippen LogP contribution in [0.5, 0.6) is 0 Å². The monoisotopic (exact) mass is 246 g/mol. The number of hydrogen-bond donors (Lipinski definition) is 2. The van der Waals surface area contributed by atoms with E-state index < -0.39 is 0 Å². The second-order valence-electron chi connectivity index (χ2n) is 3.59. The molecule has 6 heteroatoms. The fourth-order valence-corrected chi connectivity index (χ4v) is 1.62. The van der Waals surface area contributed by atoms with Gasteiger partial charge < -0.3 is 9.88 Å². The zero-order chi connectivity index (χ0) is 12.8. The van der Waals surface area contributed by atoms with Crippen LogP contribution < -0.4 is 10.8 Å². The highest BCUT2D eigenvalue weighted by Gasteiger charge is 2.05. The summed E-state index contributed by atoms with van der Waals surface area (Å²) < 4.78 is 1.89. The Morgan fingerprint density at radius 1 is 1.44 bits per heavy atom. The van der Waals surface area contributed by atoms with E-state index in [1.807, 2.05) is 35.0 Å². The van der Waals surface area contributed by atoms with Crippen molar-refractivity contribution in [3.05, 3.63) is 48.5 Å². The molecule has 2 N–H and O–H groups in total. The van der Waals surface area contributed by atoms with Gasteiger partial charge in [-0.25, -0.2) is 15.3 Å². The number of benzene rings is 1. The Labute approximate surface area is 105 Å². The summed E-state index contributed by atoms with van der Waals surface area (Å²) in [6.45, 7) is 0.406. The number of amides is 2. The smallest absolute Gasteiger partial charge is 0.332 e. The molecule has 94 valence electrons. The SMILES string of the molecule is CONC(=O)NCc1ccccc1-n1ccnc1. The number of hydroxylamine groups is 1. The topological polar surface area (TPSA) is 68.2 Å². The first-order chi connectivity index (χ1) is 8.81. The van der Waals surface area contributed by atoms with E-state index >= 15 is 0 Å². The van der Waals surface area contributed by atoms with Gasteiger partial charge in [0, 0.05) is 18.9 Å². The highest BCUT2D eigenvalue weighted by atomic mass is 16.6. The number of nitrogens with one attached hydrogen (secondary N) is 2. The maximum Gasteiger partial charge on any atom is 0.338 e. The molecule has 6 nitrogen and oxygen atoms in total. The molecular formula is C12H14N4O2. The summed E-state index contributed by atoms with van der Waals surface area (Å²) in [6, 6.07) is 7.40. The molecule has 2 aromatic rings. The lowest BCUT2D eigenvalue weighted by Gasteiger charge is -2.11. The maximum atomic E-state index is 11.2. The summed E-state index contributed by atoms with van der Waals surface area (Å²) in [7, 11) is 1.39. The van der Waals surface area contributed by atoms with Gasteiger partial charge >= 0.3 is 6.03 Å². The fourth-order valence-electron chi connectivity index (χ4n) is 1.62. The number of hydrogen-bond acceptors (Lipinski definition) is 3. The minimum atomic E-state index is -0.377. The summed E-state index contributed by atoms with van der Waals surface area (Å²) in [5.41, 5.74) is 4.17. The number of carbonyl (C=O) groups excluding carboxylic acids is 1. The lowest BCUT2D eigenvalue weighted by molar-refractivity contribution is 0.107. The molecule has 0 radical (unpaired) electrons. The summed E-state index contributed by atoms with van der Waals surface area (Å²) in [6.07, 6.45) is 5.28. The third-order valence-corrected chi connectivity index (χ3v) is 2.41. The minimum absolute atomic E-state index is 0.377. The van der Waals surface area contributed by atoms with Crippen molar-refractivity contribution in [1.82, 2.24) is 20.3 Å². The summed E-state index contributed by atoms with van der Waals surface area (Å²) in [4.78, 5) is 19.8. The van der Waals surface area contributed by atoms with Crippen LogP contribution in [-0.2, 0) is 11.4 Å². The molecule has 0 unspecified atom stereocenters. The molecule has 1 heterocycles. The standard InChI is InChI=1S/C12H14N4O2/c1-18-15-12(17)14-8-10-4-2-3-5-11(10)16-7-6-13-9-16/h2-7,9H,8H2,1H3,(H2,14,15,17). The zero-order valence-electron chi connectivity index (χ0n) is 9.96. The second kappa shape index (κ2) is 5.83. The van der Waals surface area contributed by atoms with E-state index in [4.69, 9.17) is 0 Å². The van der Waals surface area contributed by atoms with E-state index in [9.17, 15) is 4.79 Å². The molecule has 1 aromatic heterocycles. The van der Waals surface area contributed by atoms with Crippen LogP contribution in [0.1, 0.15) is 5.56 Å². The van der Waals surface area contributed by atoms with E-state index in [1.165, 1.54) is 7.11 Å². The van der Waals surface area contributed by atoms with E-state index in [1.54, 1.807) is 12.5 Å². The van der Waals surface area contributed by atoms with Crippen LogP contribution in [0, 0.1) is 0 Å². The zero-order valence-corrected chi connectivity index (χ0v) is 9.96. The molecule has 2 rings (SSSR count). The molecule has 2 amide bonds. The second-order valence-corrected chi connectivity index (χ2v) is 3.59. The lowest BCUT2D eigenvalue weighted by Crippen LogP contribution is -2.34. The normalized spacial score (nSPS) is 10.1. The first-order valence-corrected chi connectivity index (χ1v) is 5.44. The number of aromatic nitrogens is 2. The van der Waals surface area contributed by atoms with Crippen LogP contribution in [0.4, 0.5) is 4.79 Å². The van der Waals surface area contributed by atoms with Crippen LogP contribution in [0.3, 0.4) is 0 Å². The number of nitrogens with zero attached hydrogens (tertiary/aromatic N) is 2. The van der Waals surface area contributed by atoms with Crippen molar-refractivity contribution in [3.63, 3.8) is 0 Å². The third kappa shape index (κ3) is 2.86. The average Bonchev–Trinajstić information content (AvgIpc) is 2.91. The Hall–Kier alpha value is -2.34.